The van der Waals surface area contributed by atoms with E-state index < -0.39 is 59.6 Å². The molecule has 2 heterocycles. The lowest BCUT2D eigenvalue weighted by molar-refractivity contribution is -0.143. The number of urea groups is 1. The van der Waals surface area contributed by atoms with Gasteiger partial charge in [0.15, 0.2) is 0 Å². The van der Waals surface area contributed by atoms with E-state index in [0.29, 0.717) is 36.2 Å². The molecule has 2 aromatic rings. The third-order valence-corrected chi connectivity index (χ3v) is 7.98. The van der Waals surface area contributed by atoms with Gasteiger partial charge >= 0.3 is 18.2 Å². The van der Waals surface area contributed by atoms with Gasteiger partial charge in [-0.15, -0.1) is 0 Å². The van der Waals surface area contributed by atoms with E-state index in [9.17, 15) is 28.4 Å². The van der Waals surface area contributed by atoms with Gasteiger partial charge < -0.3 is 29.9 Å². The van der Waals surface area contributed by atoms with Gasteiger partial charge in [0.1, 0.15) is 18.0 Å². The Morgan fingerprint density at radius 2 is 1.86 bits per heavy atom. The van der Waals surface area contributed by atoms with Gasteiger partial charge in [-0.25, -0.2) is 23.7 Å². The molecule has 0 radical (unpaired) electrons. The van der Waals surface area contributed by atoms with E-state index in [2.05, 4.69) is 10.6 Å². The van der Waals surface area contributed by atoms with Gasteiger partial charge in [-0.1, -0.05) is 18.2 Å². The third kappa shape index (κ3) is 6.17. The van der Waals surface area contributed by atoms with Crippen molar-refractivity contribution in [3.8, 4) is 0 Å². The third-order valence-electron chi connectivity index (χ3n) is 7.98. The molecule has 3 aliphatic rings. The predicted molar refractivity (Wildman–Crippen MR) is 156 cm³/mol. The molecular weight excluding hydrogens is 573 g/mol. The van der Waals surface area contributed by atoms with Gasteiger partial charge in [-0.05, 0) is 69.0 Å². The number of anilines is 1. The Labute approximate surface area is 254 Å². The van der Waals surface area contributed by atoms with E-state index in [4.69, 9.17) is 9.47 Å². The number of rotatable bonds is 6. The zero-order chi connectivity index (χ0) is 31.8. The van der Waals surface area contributed by atoms with Crippen LogP contribution in [0.4, 0.5) is 24.5 Å². The smallest absolute Gasteiger partial charge is 0.418 e. The van der Waals surface area contributed by atoms with Crippen molar-refractivity contribution in [3.05, 3.63) is 65.0 Å². The molecular formula is C31H36FN5O7. The second-order valence-corrected chi connectivity index (χ2v) is 12.2. The number of likely N-dealkylation sites (tertiary alicyclic amines) is 1. The van der Waals surface area contributed by atoms with Gasteiger partial charge in [0, 0.05) is 44.4 Å². The number of hydrogen-bond acceptors (Lipinski definition) is 7. The number of hydrogen-bond donors (Lipinski definition) is 2. The fraction of sp³-hybridized carbons (Fsp3) is 0.452. The lowest BCUT2D eigenvalue weighted by Crippen LogP contribution is -2.48. The molecule has 5 rings (SSSR count). The second kappa shape index (κ2) is 11.8. The highest BCUT2D eigenvalue weighted by Crippen LogP contribution is 2.46. The first kappa shape index (κ1) is 30.8. The van der Waals surface area contributed by atoms with Crippen LogP contribution in [0, 0.1) is 5.82 Å². The summed E-state index contributed by atoms with van der Waals surface area (Å²) in [6.45, 7) is 5.38. The Morgan fingerprint density at radius 3 is 2.55 bits per heavy atom. The summed E-state index contributed by atoms with van der Waals surface area (Å²) >= 11 is 0. The van der Waals surface area contributed by atoms with Gasteiger partial charge in [-0.2, -0.15) is 0 Å². The van der Waals surface area contributed by atoms with Crippen molar-refractivity contribution in [3.63, 3.8) is 0 Å². The number of halogens is 1. The van der Waals surface area contributed by atoms with E-state index in [1.165, 1.54) is 29.0 Å². The first-order chi connectivity index (χ1) is 20.8. The Bertz CT molecular complexity index is 1490. The highest BCUT2D eigenvalue weighted by molar-refractivity contribution is 6.06. The molecule has 12 nitrogen and oxygen atoms in total. The van der Waals surface area contributed by atoms with Crippen LogP contribution in [0.25, 0.3) is 0 Å². The quantitative estimate of drug-likeness (QED) is 0.509. The Hall–Kier alpha value is -4.68. The van der Waals surface area contributed by atoms with Crippen molar-refractivity contribution >= 4 is 35.7 Å². The summed E-state index contributed by atoms with van der Waals surface area (Å²) < 4.78 is 24.8. The molecule has 1 aliphatic carbocycles. The van der Waals surface area contributed by atoms with Crippen molar-refractivity contribution < 1.29 is 37.8 Å². The molecule has 2 aliphatic heterocycles. The van der Waals surface area contributed by atoms with Crippen molar-refractivity contribution in [2.24, 2.45) is 0 Å². The minimum absolute atomic E-state index is 0.0815. The topological polar surface area (TPSA) is 138 Å². The van der Waals surface area contributed by atoms with Crippen LogP contribution in [-0.2, 0) is 37.6 Å². The number of nitrogens with one attached hydrogen (secondary N) is 2. The molecule has 234 valence electrons. The summed E-state index contributed by atoms with van der Waals surface area (Å²) in [6, 6.07) is 9.87. The monoisotopic (exact) mass is 609 g/mol. The van der Waals surface area contributed by atoms with Crippen LogP contribution in [0.5, 0.6) is 0 Å². The van der Waals surface area contributed by atoms with Crippen LogP contribution in [0.2, 0.25) is 0 Å². The minimum Gasteiger partial charge on any atom is -0.444 e. The Kier molecular flexibility index (Phi) is 8.23. The van der Waals surface area contributed by atoms with Gasteiger partial charge in [0.2, 0.25) is 11.5 Å². The molecule has 2 saturated heterocycles. The maximum atomic E-state index is 13.8. The molecule has 2 aromatic carbocycles. The molecule has 44 heavy (non-hydrogen) atoms. The van der Waals surface area contributed by atoms with Gasteiger partial charge in [-0.3, -0.25) is 9.59 Å². The van der Waals surface area contributed by atoms with Crippen LogP contribution in [-0.4, -0.2) is 83.1 Å². The van der Waals surface area contributed by atoms with Crippen molar-refractivity contribution in [1.29, 1.82) is 0 Å². The van der Waals surface area contributed by atoms with Gasteiger partial charge in [0.05, 0.1) is 6.04 Å². The lowest BCUT2D eigenvalue weighted by Gasteiger charge is -2.31. The number of aryl methyl sites for hydroxylation is 1. The molecule has 0 bridgehead atoms. The molecule has 1 spiro atoms. The summed E-state index contributed by atoms with van der Waals surface area (Å²) in [5, 5.41) is 5.15. The van der Waals surface area contributed by atoms with Crippen LogP contribution in [0.15, 0.2) is 42.5 Å². The maximum absolute atomic E-state index is 13.8. The van der Waals surface area contributed by atoms with E-state index in [1.807, 2.05) is 0 Å². The average molecular weight is 610 g/mol. The Balaban J connectivity index is 1.34. The minimum atomic E-state index is -1.55. The summed E-state index contributed by atoms with van der Waals surface area (Å²) in [5.41, 5.74) is 0.192. The zero-order valence-corrected chi connectivity index (χ0v) is 25.1. The van der Waals surface area contributed by atoms with Gasteiger partial charge in [0.25, 0.3) is 5.91 Å². The molecule has 2 N–H and O–H groups in total. The number of ether oxygens (including phenoxy) is 2. The molecule has 2 atom stereocenters. The molecule has 0 aromatic heterocycles. The normalized spacial score (nSPS) is 20.9. The maximum Gasteiger partial charge on any atom is 0.418 e. The number of imide groups is 1. The van der Waals surface area contributed by atoms with Crippen molar-refractivity contribution in [2.45, 2.75) is 63.8 Å². The fourth-order valence-corrected chi connectivity index (χ4v) is 5.85. The zero-order valence-electron chi connectivity index (χ0n) is 25.1. The van der Waals surface area contributed by atoms with Crippen molar-refractivity contribution in [1.82, 2.24) is 20.0 Å². The number of fused-ring (bicyclic) bond motifs is 2. The first-order valence-electron chi connectivity index (χ1n) is 14.5. The largest absolute Gasteiger partial charge is 0.444 e. The first-order valence-corrected chi connectivity index (χ1v) is 14.5. The van der Waals surface area contributed by atoms with E-state index in [1.54, 1.807) is 51.1 Å². The van der Waals surface area contributed by atoms with Crippen LogP contribution >= 0.6 is 0 Å². The highest BCUT2D eigenvalue weighted by Gasteiger charge is 2.58. The number of amides is 6. The van der Waals surface area contributed by atoms with E-state index >= 15 is 0 Å². The average Bonchev–Trinajstić information content (AvgIpc) is 3.65. The molecule has 6 amide bonds. The predicted octanol–water partition coefficient (Wildman–Crippen LogP) is 3.74. The standard InChI is InChI=1S/C31H36FN5O7/c1-30(2,3)43-28(41)35-14-12-23(17-35)36(16-19-5-7-21(32)8-6-19)25(38)18-37-26(39)31(44-29(37)42)13-11-20-15-22(9-10-24(20)31)34-27(40)33-4/h5-10,15,23H,11-14,16-18H2,1-4H3,(H2,33,34,40)/t23-,31-/m1/s1. The number of carbonyl (C=O) groups is 5. The van der Waals surface area contributed by atoms with E-state index in [0.717, 1.165) is 10.5 Å². The molecule has 0 saturated carbocycles. The summed E-state index contributed by atoms with van der Waals surface area (Å²) in [4.78, 5) is 69.0. The second-order valence-electron chi connectivity index (χ2n) is 12.2. The van der Waals surface area contributed by atoms with Crippen LogP contribution in [0.1, 0.15) is 50.3 Å². The van der Waals surface area contributed by atoms with Crippen LogP contribution < -0.4 is 10.6 Å². The fourth-order valence-electron chi connectivity index (χ4n) is 5.85. The van der Waals surface area contributed by atoms with Crippen LogP contribution in [0.3, 0.4) is 0 Å². The molecule has 2 fully saturated rings. The molecule has 0 unspecified atom stereocenters. The number of benzene rings is 2. The number of nitrogens with zero attached hydrogens (tertiary/aromatic N) is 3. The summed E-state index contributed by atoms with van der Waals surface area (Å²) in [7, 11) is 1.49. The molecule has 13 heteroatoms. The summed E-state index contributed by atoms with van der Waals surface area (Å²) in [6.07, 6.45) is -0.337. The lowest BCUT2D eigenvalue weighted by atomic mass is 9.94. The highest BCUT2D eigenvalue weighted by atomic mass is 19.1. The van der Waals surface area contributed by atoms with E-state index in [-0.39, 0.29) is 19.5 Å². The summed E-state index contributed by atoms with van der Waals surface area (Å²) in [5.74, 6) is -1.58. The SMILES string of the molecule is CNC(=O)Nc1ccc2c(c1)CC[C@@]21OC(=O)N(CC(=O)N(Cc2ccc(F)cc2)[C@@H]2CCN(C(=O)OC(C)(C)C)C2)C1=O. The Morgan fingerprint density at radius 1 is 1.14 bits per heavy atom. The van der Waals surface area contributed by atoms with Crippen molar-refractivity contribution in [2.75, 3.05) is 32.0 Å². The number of carbonyl (C=O) groups excluding carboxylic acids is 5.